The minimum atomic E-state index is 0.240. The third-order valence-electron chi connectivity index (χ3n) is 5.18. The molecular formula is C18H31NO. The minimum absolute atomic E-state index is 0.240. The molecule has 20 heavy (non-hydrogen) atoms. The number of carbonyl (C=O) groups excluding carboxylic acids is 1. The molecule has 2 aliphatic rings. The van der Waals surface area contributed by atoms with Crippen LogP contribution in [0.5, 0.6) is 0 Å². The van der Waals surface area contributed by atoms with Crippen LogP contribution in [-0.4, -0.2) is 23.9 Å². The average molecular weight is 277 g/mol. The number of amides is 1. The number of hydrogen-bond acceptors (Lipinski definition) is 1. The summed E-state index contributed by atoms with van der Waals surface area (Å²) < 4.78 is 0. The summed E-state index contributed by atoms with van der Waals surface area (Å²) >= 11 is 0. The first-order valence-electron chi connectivity index (χ1n) is 8.50. The van der Waals surface area contributed by atoms with E-state index in [1.165, 1.54) is 38.5 Å². The molecule has 1 aliphatic carbocycles. The largest absolute Gasteiger partial charge is 0.339 e. The molecule has 2 fully saturated rings. The zero-order chi connectivity index (χ0) is 14.6. The molecule has 2 heteroatoms. The molecule has 1 saturated heterocycles. The molecule has 1 unspecified atom stereocenters. The molecule has 1 atom stereocenters. The summed E-state index contributed by atoms with van der Waals surface area (Å²) in [6, 6.07) is 0. The van der Waals surface area contributed by atoms with Gasteiger partial charge in [-0.1, -0.05) is 39.7 Å². The second kappa shape index (κ2) is 6.78. The number of hydrogen-bond donors (Lipinski definition) is 0. The van der Waals surface area contributed by atoms with Crippen LogP contribution in [0.1, 0.15) is 65.7 Å². The Hall–Kier alpha value is -0.790. The van der Waals surface area contributed by atoms with Crippen molar-refractivity contribution in [3.63, 3.8) is 0 Å². The highest BCUT2D eigenvalue weighted by Crippen LogP contribution is 2.51. The maximum absolute atomic E-state index is 12.2. The van der Waals surface area contributed by atoms with Crippen LogP contribution in [0.15, 0.2) is 12.2 Å². The van der Waals surface area contributed by atoms with Crippen LogP contribution in [0, 0.1) is 17.3 Å². The fraction of sp³-hybridized carbons (Fsp3) is 0.833. The second-order valence-corrected chi connectivity index (χ2v) is 7.40. The Morgan fingerprint density at radius 1 is 1.40 bits per heavy atom. The predicted molar refractivity (Wildman–Crippen MR) is 84.5 cm³/mol. The summed E-state index contributed by atoms with van der Waals surface area (Å²) in [6.45, 7) is 8.85. The highest BCUT2D eigenvalue weighted by molar-refractivity contribution is 5.87. The molecule has 1 heterocycles. The summed E-state index contributed by atoms with van der Waals surface area (Å²) in [5.41, 5.74) is 0.499. The summed E-state index contributed by atoms with van der Waals surface area (Å²) in [5.74, 6) is 1.90. The normalized spacial score (nSPS) is 30.9. The molecule has 2 rings (SSSR count). The predicted octanol–water partition coefficient (Wildman–Crippen LogP) is 4.41. The molecule has 1 aliphatic heterocycles. The summed E-state index contributed by atoms with van der Waals surface area (Å²) in [7, 11) is 0. The summed E-state index contributed by atoms with van der Waals surface area (Å²) in [4.78, 5) is 14.2. The smallest absolute Gasteiger partial charge is 0.246 e. The van der Waals surface area contributed by atoms with E-state index < -0.39 is 0 Å². The molecule has 0 aromatic rings. The van der Waals surface area contributed by atoms with Gasteiger partial charge in [-0.2, -0.15) is 0 Å². The van der Waals surface area contributed by atoms with Crippen molar-refractivity contribution in [3.05, 3.63) is 12.2 Å². The van der Waals surface area contributed by atoms with E-state index in [0.717, 1.165) is 31.3 Å². The van der Waals surface area contributed by atoms with Gasteiger partial charge in [0.1, 0.15) is 0 Å². The maximum atomic E-state index is 12.2. The van der Waals surface area contributed by atoms with Crippen molar-refractivity contribution in [3.8, 4) is 0 Å². The van der Waals surface area contributed by atoms with Crippen LogP contribution >= 0.6 is 0 Å². The molecule has 1 amide bonds. The fourth-order valence-electron chi connectivity index (χ4n) is 4.18. The van der Waals surface area contributed by atoms with Gasteiger partial charge >= 0.3 is 0 Å². The van der Waals surface area contributed by atoms with E-state index in [2.05, 4.69) is 31.7 Å². The first-order valence-corrected chi connectivity index (χ1v) is 8.50. The maximum Gasteiger partial charge on any atom is 0.246 e. The van der Waals surface area contributed by atoms with Gasteiger partial charge in [0.2, 0.25) is 5.91 Å². The number of nitrogens with zero attached hydrogens (tertiary/aromatic N) is 1. The van der Waals surface area contributed by atoms with Crippen LogP contribution in [-0.2, 0) is 4.79 Å². The second-order valence-electron chi connectivity index (χ2n) is 7.40. The average Bonchev–Trinajstić information content (AvgIpc) is 2.79. The number of carbonyl (C=O) groups is 1. The van der Waals surface area contributed by atoms with Crippen LogP contribution in [0.25, 0.3) is 0 Å². The lowest BCUT2D eigenvalue weighted by Gasteiger charge is -2.43. The van der Waals surface area contributed by atoms with Crippen LogP contribution in [0.4, 0.5) is 0 Å². The van der Waals surface area contributed by atoms with Crippen LogP contribution in [0.2, 0.25) is 0 Å². The van der Waals surface area contributed by atoms with Crippen molar-refractivity contribution < 1.29 is 4.79 Å². The molecule has 0 N–H and O–H groups in total. The van der Waals surface area contributed by atoms with E-state index in [1.807, 2.05) is 6.08 Å². The Morgan fingerprint density at radius 3 is 2.80 bits per heavy atom. The molecular weight excluding hydrogens is 246 g/mol. The molecule has 0 radical (unpaired) electrons. The Kier molecular flexibility index (Phi) is 5.29. The highest BCUT2D eigenvalue weighted by atomic mass is 16.2. The van der Waals surface area contributed by atoms with Gasteiger partial charge in [0, 0.05) is 13.1 Å². The monoisotopic (exact) mass is 277 g/mol. The van der Waals surface area contributed by atoms with Crippen molar-refractivity contribution in [1.82, 2.24) is 4.90 Å². The van der Waals surface area contributed by atoms with E-state index in [4.69, 9.17) is 0 Å². The van der Waals surface area contributed by atoms with Gasteiger partial charge in [0.15, 0.2) is 0 Å². The van der Waals surface area contributed by atoms with Gasteiger partial charge in [0.25, 0.3) is 0 Å². The summed E-state index contributed by atoms with van der Waals surface area (Å²) in [5, 5.41) is 0. The zero-order valence-electron chi connectivity index (χ0n) is 13.5. The van der Waals surface area contributed by atoms with Crippen molar-refractivity contribution in [2.24, 2.45) is 17.3 Å². The van der Waals surface area contributed by atoms with Gasteiger partial charge < -0.3 is 4.90 Å². The first-order chi connectivity index (χ1) is 9.54. The lowest BCUT2D eigenvalue weighted by molar-refractivity contribution is -0.125. The number of rotatable bonds is 6. The number of allylic oxidation sites excluding steroid dienone is 1. The Morgan fingerprint density at radius 2 is 2.15 bits per heavy atom. The van der Waals surface area contributed by atoms with E-state index in [0.29, 0.717) is 5.41 Å². The van der Waals surface area contributed by atoms with Crippen LogP contribution in [0.3, 0.4) is 0 Å². The lowest BCUT2D eigenvalue weighted by Crippen LogP contribution is -2.39. The van der Waals surface area contributed by atoms with Crippen molar-refractivity contribution in [1.29, 1.82) is 0 Å². The third-order valence-corrected chi connectivity index (χ3v) is 5.18. The van der Waals surface area contributed by atoms with Gasteiger partial charge in [-0.25, -0.2) is 0 Å². The minimum Gasteiger partial charge on any atom is -0.339 e. The topological polar surface area (TPSA) is 20.3 Å². The molecule has 114 valence electrons. The van der Waals surface area contributed by atoms with Crippen molar-refractivity contribution >= 4 is 5.91 Å². The quantitative estimate of drug-likeness (QED) is 0.659. The Labute approximate surface area is 124 Å². The lowest BCUT2D eigenvalue weighted by atomic mass is 9.62. The zero-order valence-corrected chi connectivity index (χ0v) is 13.5. The first kappa shape index (κ1) is 15.6. The number of likely N-dealkylation sites (tertiary alicyclic amines) is 1. The Balaban J connectivity index is 1.68. The molecule has 1 saturated carbocycles. The fourth-order valence-corrected chi connectivity index (χ4v) is 4.18. The molecule has 0 aromatic heterocycles. The molecule has 0 aromatic carbocycles. The SMILES string of the molecule is CCCC(C)CC/C=C/C(=O)N1CCC2(CC(C)C2)C1. The Bertz CT molecular complexity index is 354. The van der Waals surface area contributed by atoms with E-state index in [-0.39, 0.29) is 5.91 Å². The van der Waals surface area contributed by atoms with E-state index in [9.17, 15) is 4.79 Å². The van der Waals surface area contributed by atoms with E-state index in [1.54, 1.807) is 0 Å². The standard InChI is InChI=1S/C18H31NO/c1-4-7-15(2)8-5-6-9-17(20)19-11-10-18(14-19)12-16(3)13-18/h6,9,15-16H,4-5,7-8,10-14H2,1-3H3/b9-6+. The van der Waals surface area contributed by atoms with E-state index >= 15 is 0 Å². The highest BCUT2D eigenvalue weighted by Gasteiger charge is 2.47. The van der Waals surface area contributed by atoms with Gasteiger partial charge in [-0.15, -0.1) is 0 Å². The van der Waals surface area contributed by atoms with Crippen LogP contribution < -0.4 is 0 Å². The molecule has 1 spiro atoms. The van der Waals surface area contributed by atoms with Crippen molar-refractivity contribution in [2.45, 2.75) is 65.7 Å². The summed E-state index contributed by atoms with van der Waals surface area (Å²) in [6.07, 6.45) is 12.6. The van der Waals surface area contributed by atoms with Gasteiger partial charge in [-0.3, -0.25) is 4.79 Å². The third kappa shape index (κ3) is 3.86. The van der Waals surface area contributed by atoms with Gasteiger partial charge in [-0.05, 0) is 55.4 Å². The molecule has 0 bridgehead atoms. The molecule has 2 nitrogen and oxygen atoms in total. The van der Waals surface area contributed by atoms with Crippen molar-refractivity contribution in [2.75, 3.05) is 13.1 Å². The van der Waals surface area contributed by atoms with Gasteiger partial charge in [0.05, 0.1) is 0 Å².